The third-order valence-corrected chi connectivity index (χ3v) is 6.53. The van der Waals surface area contributed by atoms with Gasteiger partial charge in [-0.15, -0.1) is 11.8 Å². The van der Waals surface area contributed by atoms with Crippen LogP contribution >= 0.6 is 11.8 Å². The lowest BCUT2D eigenvalue weighted by Gasteiger charge is -2.31. The lowest BCUT2D eigenvalue weighted by atomic mass is 10.1. The fourth-order valence-corrected chi connectivity index (χ4v) is 4.78. The average Bonchev–Trinajstić information content (AvgIpc) is 2.76. The maximum absolute atomic E-state index is 12.7. The number of hydrogen-bond acceptors (Lipinski definition) is 5. The smallest absolute Gasteiger partial charge is 0.251 e. The van der Waals surface area contributed by atoms with E-state index in [-0.39, 0.29) is 5.91 Å². The quantitative estimate of drug-likeness (QED) is 0.791. The van der Waals surface area contributed by atoms with Crippen LogP contribution in [0, 0.1) is 6.92 Å². The average molecular weight is 412 g/mol. The molecule has 0 radical (unpaired) electrons. The second-order valence-electron chi connectivity index (χ2n) is 7.65. The Labute approximate surface area is 177 Å². The summed E-state index contributed by atoms with van der Waals surface area (Å²) in [5.41, 5.74) is 4.48. The number of carbonyl (C=O) groups is 1. The van der Waals surface area contributed by atoms with Gasteiger partial charge in [0.25, 0.3) is 5.91 Å². The van der Waals surface area contributed by atoms with Crippen LogP contribution in [0.1, 0.15) is 21.5 Å². The largest absolute Gasteiger partial charge is 0.379 e. The van der Waals surface area contributed by atoms with Gasteiger partial charge in [-0.2, -0.15) is 0 Å². The number of thioether (sulfide) groups is 1. The van der Waals surface area contributed by atoms with E-state index in [1.165, 1.54) is 21.7 Å². The number of aryl methyl sites for hydroxylation is 1. The van der Waals surface area contributed by atoms with Gasteiger partial charge in [0.05, 0.1) is 18.9 Å². The molecule has 29 heavy (non-hydrogen) atoms. The van der Waals surface area contributed by atoms with Crippen molar-refractivity contribution in [1.82, 2.24) is 10.2 Å². The highest BCUT2D eigenvalue weighted by atomic mass is 32.2. The van der Waals surface area contributed by atoms with Crippen LogP contribution in [0.5, 0.6) is 0 Å². The number of fused-ring (bicyclic) bond motifs is 1. The van der Waals surface area contributed by atoms with Crippen molar-refractivity contribution < 1.29 is 9.53 Å². The minimum atomic E-state index is 0.00641. The lowest BCUT2D eigenvalue weighted by molar-refractivity contribution is 0.0383. The summed E-state index contributed by atoms with van der Waals surface area (Å²) < 4.78 is 5.37. The van der Waals surface area contributed by atoms with Crippen molar-refractivity contribution in [3.8, 4) is 0 Å². The van der Waals surface area contributed by atoms with E-state index in [1.807, 2.05) is 17.8 Å². The maximum atomic E-state index is 12.7. The van der Waals surface area contributed by atoms with Crippen LogP contribution in [0.15, 0.2) is 47.4 Å². The molecule has 0 aromatic heterocycles. The predicted molar refractivity (Wildman–Crippen MR) is 119 cm³/mol. The van der Waals surface area contributed by atoms with Gasteiger partial charge in [-0.1, -0.05) is 29.8 Å². The molecular formula is C23H29N3O2S. The number of morpholine rings is 1. The molecule has 2 aliphatic rings. The minimum Gasteiger partial charge on any atom is -0.379 e. The van der Waals surface area contributed by atoms with Gasteiger partial charge < -0.3 is 15.0 Å². The van der Waals surface area contributed by atoms with Crippen LogP contribution in [0.25, 0.3) is 0 Å². The number of anilines is 1. The van der Waals surface area contributed by atoms with Crippen LogP contribution in [0.2, 0.25) is 0 Å². The van der Waals surface area contributed by atoms with E-state index in [2.05, 4.69) is 58.4 Å². The van der Waals surface area contributed by atoms with Crippen LogP contribution in [0.4, 0.5) is 5.69 Å². The normalized spacial score (nSPS) is 17.1. The Morgan fingerprint density at radius 2 is 1.90 bits per heavy atom. The molecule has 6 heteroatoms. The van der Waals surface area contributed by atoms with Crippen LogP contribution in [-0.2, 0) is 11.3 Å². The van der Waals surface area contributed by atoms with Crippen LogP contribution < -0.4 is 10.2 Å². The molecule has 0 saturated carbocycles. The lowest BCUT2D eigenvalue weighted by Crippen LogP contribution is -2.41. The number of rotatable bonds is 6. The highest BCUT2D eigenvalue weighted by Gasteiger charge is 2.20. The SMILES string of the molecule is Cc1ccc(CN2CCSc3ccc(C(=O)NCCN4CCOCC4)cc32)cc1. The molecule has 0 unspecified atom stereocenters. The standard InChI is InChI=1S/C23H29N3O2S/c1-18-2-4-19(5-3-18)17-26-12-15-29-22-7-6-20(16-21(22)26)23(27)24-8-9-25-10-13-28-14-11-25/h2-7,16H,8-15,17H2,1H3,(H,24,27). The van der Waals surface area contributed by atoms with Gasteiger partial charge >= 0.3 is 0 Å². The molecule has 1 fully saturated rings. The number of carbonyl (C=O) groups excluding carboxylic acids is 1. The molecule has 0 bridgehead atoms. The van der Waals surface area contributed by atoms with Gasteiger partial charge in [-0.05, 0) is 30.7 Å². The fourth-order valence-electron chi connectivity index (χ4n) is 3.75. The molecule has 1 saturated heterocycles. The number of nitrogens with one attached hydrogen (secondary N) is 1. The van der Waals surface area contributed by atoms with E-state index >= 15 is 0 Å². The first-order valence-electron chi connectivity index (χ1n) is 10.3. The molecule has 1 N–H and O–H groups in total. The summed E-state index contributed by atoms with van der Waals surface area (Å²) in [6, 6.07) is 14.8. The Kier molecular flexibility index (Phi) is 6.74. The topological polar surface area (TPSA) is 44.8 Å². The fraction of sp³-hybridized carbons (Fsp3) is 0.435. The highest BCUT2D eigenvalue weighted by Crippen LogP contribution is 2.36. The van der Waals surface area contributed by atoms with E-state index in [9.17, 15) is 4.79 Å². The molecule has 154 valence electrons. The van der Waals surface area contributed by atoms with Crippen LogP contribution in [0.3, 0.4) is 0 Å². The molecule has 2 aromatic carbocycles. The first-order chi connectivity index (χ1) is 14.2. The van der Waals surface area contributed by atoms with Gasteiger partial charge in [0.1, 0.15) is 0 Å². The van der Waals surface area contributed by atoms with E-state index < -0.39 is 0 Å². The summed E-state index contributed by atoms with van der Waals surface area (Å²) in [5, 5.41) is 3.08. The molecule has 5 nitrogen and oxygen atoms in total. The van der Waals surface area contributed by atoms with Gasteiger partial charge in [0.2, 0.25) is 0 Å². The summed E-state index contributed by atoms with van der Waals surface area (Å²) >= 11 is 1.87. The second-order valence-corrected chi connectivity index (χ2v) is 8.78. The minimum absolute atomic E-state index is 0.00641. The van der Waals surface area contributed by atoms with Crippen molar-refractivity contribution in [3.05, 3.63) is 59.2 Å². The Bertz CT molecular complexity index is 835. The van der Waals surface area contributed by atoms with Crippen molar-refractivity contribution in [2.24, 2.45) is 0 Å². The van der Waals surface area contributed by atoms with Crippen molar-refractivity contribution in [1.29, 1.82) is 0 Å². The number of ether oxygens (including phenoxy) is 1. The number of nitrogens with zero attached hydrogens (tertiary/aromatic N) is 2. The summed E-state index contributed by atoms with van der Waals surface area (Å²) in [5.74, 6) is 1.08. The van der Waals surface area contributed by atoms with Crippen molar-refractivity contribution >= 4 is 23.4 Å². The highest BCUT2D eigenvalue weighted by molar-refractivity contribution is 7.99. The molecule has 2 heterocycles. The Hall–Kier alpha value is -2.02. The van der Waals surface area contributed by atoms with Crippen molar-refractivity contribution in [2.75, 3.05) is 56.6 Å². The van der Waals surface area contributed by atoms with E-state index in [1.54, 1.807) is 0 Å². The summed E-state index contributed by atoms with van der Waals surface area (Å²) in [7, 11) is 0. The van der Waals surface area contributed by atoms with Gasteiger partial charge in [0, 0.05) is 55.5 Å². The molecule has 0 aliphatic carbocycles. The summed E-state index contributed by atoms with van der Waals surface area (Å²) in [4.78, 5) is 18.7. The van der Waals surface area contributed by atoms with Gasteiger partial charge in [0.15, 0.2) is 0 Å². The summed E-state index contributed by atoms with van der Waals surface area (Å²) in [6.07, 6.45) is 0. The molecule has 2 aliphatic heterocycles. The van der Waals surface area contributed by atoms with E-state index in [0.717, 1.165) is 57.3 Å². The Morgan fingerprint density at radius 1 is 1.10 bits per heavy atom. The predicted octanol–water partition coefficient (Wildman–Crippen LogP) is 3.17. The number of amides is 1. The molecule has 1 amide bonds. The summed E-state index contributed by atoms with van der Waals surface area (Å²) in [6.45, 7) is 8.97. The first kappa shape index (κ1) is 20.3. The van der Waals surface area contributed by atoms with Crippen molar-refractivity contribution in [3.63, 3.8) is 0 Å². The third kappa shape index (κ3) is 5.32. The van der Waals surface area contributed by atoms with E-state index in [4.69, 9.17) is 4.74 Å². The van der Waals surface area contributed by atoms with Gasteiger partial charge in [-0.25, -0.2) is 0 Å². The molecule has 0 atom stereocenters. The zero-order chi connectivity index (χ0) is 20.1. The van der Waals surface area contributed by atoms with Crippen LogP contribution in [-0.4, -0.2) is 62.5 Å². The second kappa shape index (κ2) is 9.65. The molecule has 0 spiro atoms. The van der Waals surface area contributed by atoms with Gasteiger partial charge in [-0.3, -0.25) is 9.69 Å². The first-order valence-corrected chi connectivity index (χ1v) is 11.3. The Morgan fingerprint density at radius 3 is 2.69 bits per heavy atom. The number of benzene rings is 2. The Balaban J connectivity index is 1.40. The van der Waals surface area contributed by atoms with Crippen molar-refractivity contribution in [2.45, 2.75) is 18.4 Å². The zero-order valence-corrected chi connectivity index (χ0v) is 17.8. The van der Waals surface area contributed by atoms with E-state index in [0.29, 0.717) is 6.54 Å². The zero-order valence-electron chi connectivity index (χ0n) is 17.0. The molecular weight excluding hydrogens is 382 g/mol. The molecule has 4 rings (SSSR count). The molecule has 2 aromatic rings. The number of hydrogen-bond donors (Lipinski definition) is 1. The monoisotopic (exact) mass is 411 g/mol. The third-order valence-electron chi connectivity index (χ3n) is 5.49. The maximum Gasteiger partial charge on any atom is 0.251 e.